The summed E-state index contributed by atoms with van der Waals surface area (Å²) in [5, 5.41) is 0. The van der Waals surface area contributed by atoms with Crippen molar-refractivity contribution < 1.29 is 19.1 Å². The van der Waals surface area contributed by atoms with Gasteiger partial charge in [-0.3, -0.25) is 4.79 Å². The number of amides is 1. The van der Waals surface area contributed by atoms with E-state index in [0.29, 0.717) is 13.2 Å². The average Bonchev–Trinajstić information content (AvgIpc) is 2.28. The number of carbonyl (C=O) groups is 2. The first kappa shape index (κ1) is 15.7. The Labute approximate surface area is 103 Å². The zero-order valence-corrected chi connectivity index (χ0v) is 11.2. The largest absolute Gasteiger partial charge is 0.466 e. The molecule has 1 atom stereocenters. The second-order valence-electron chi connectivity index (χ2n) is 3.94. The summed E-state index contributed by atoms with van der Waals surface area (Å²) in [6.45, 7) is 6.35. The third-order valence-electron chi connectivity index (χ3n) is 2.44. The number of ether oxygens (including phenoxy) is 2. The zero-order chi connectivity index (χ0) is 13.3. The van der Waals surface area contributed by atoms with E-state index >= 15 is 0 Å². The summed E-state index contributed by atoms with van der Waals surface area (Å²) in [5.74, 6) is -0.298. The van der Waals surface area contributed by atoms with Crippen LogP contribution in [0, 0.1) is 0 Å². The summed E-state index contributed by atoms with van der Waals surface area (Å²) in [6, 6.07) is -0.219. The highest BCUT2D eigenvalue weighted by Gasteiger charge is 2.20. The van der Waals surface area contributed by atoms with Crippen LogP contribution in [-0.2, 0) is 14.3 Å². The average molecular weight is 245 g/mol. The van der Waals surface area contributed by atoms with E-state index < -0.39 is 6.09 Å². The number of carbonyl (C=O) groups excluding carboxylic acids is 2. The van der Waals surface area contributed by atoms with Gasteiger partial charge in [-0.15, -0.1) is 0 Å². The summed E-state index contributed by atoms with van der Waals surface area (Å²) < 4.78 is 9.87. The van der Waals surface area contributed by atoms with Gasteiger partial charge in [-0.25, -0.2) is 4.79 Å². The third-order valence-corrected chi connectivity index (χ3v) is 2.44. The minimum Gasteiger partial charge on any atom is -0.466 e. The second-order valence-corrected chi connectivity index (χ2v) is 3.94. The van der Waals surface area contributed by atoms with Gasteiger partial charge in [0.15, 0.2) is 0 Å². The standard InChI is InChI=1S/C12H23NO4/c1-5-7-8-17-12(15)13(4)10(3)9-11(14)16-6-2/h10H,5-9H2,1-4H3. The van der Waals surface area contributed by atoms with Crippen molar-refractivity contribution in [1.82, 2.24) is 4.90 Å². The molecule has 1 unspecified atom stereocenters. The van der Waals surface area contributed by atoms with E-state index in [4.69, 9.17) is 9.47 Å². The van der Waals surface area contributed by atoms with Crippen molar-refractivity contribution in [2.24, 2.45) is 0 Å². The van der Waals surface area contributed by atoms with Gasteiger partial charge in [0.1, 0.15) is 0 Å². The Hall–Kier alpha value is -1.26. The summed E-state index contributed by atoms with van der Waals surface area (Å²) in [4.78, 5) is 24.2. The topological polar surface area (TPSA) is 55.8 Å². The van der Waals surface area contributed by atoms with Crippen molar-refractivity contribution in [3.8, 4) is 0 Å². The Morgan fingerprint density at radius 3 is 2.41 bits per heavy atom. The van der Waals surface area contributed by atoms with E-state index in [0.717, 1.165) is 12.8 Å². The molecule has 0 saturated carbocycles. The monoisotopic (exact) mass is 245 g/mol. The van der Waals surface area contributed by atoms with Crippen LogP contribution in [0.25, 0.3) is 0 Å². The first-order chi connectivity index (χ1) is 8.02. The highest BCUT2D eigenvalue weighted by atomic mass is 16.6. The van der Waals surface area contributed by atoms with Crippen LogP contribution in [0.2, 0.25) is 0 Å². The zero-order valence-electron chi connectivity index (χ0n) is 11.2. The molecule has 0 N–H and O–H groups in total. The maximum absolute atomic E-state index is 11.6. The number of hydrogen-bond acceptors (Lipinski definition) is 4. The van der Waals surface area contributed by atoms with Crippen LogP contribution >= 0.6 is 0 Å². The van der Waals surface area contributed by atoms with Gasteiger partial charge in [0, 0.05) is 13.1 Å². The lowest BCUT2D eigenvalue weighted by molar-refractivity contribution is -0.144. The molecule has 5 nitrogen and oxygen atoms in total. The second kappa shape index (κ2) is 8.84. The number of hydrogen-bond donors (Lipinski definition) is 0. The fourth-order valence-corrected chi connectivity index (χ4v) is 1.18. The van der Waals surface area contributed by atoms with Crippen molar-refractivity contribution in [1.29, 1.82) is 0 Å². The van der Waals surface area contributed by atoms with Gasteiger partial charge < -0.3 is 14.4 Å². The summed E-state index contributed by atoms with van der Waals surface area (Å²) in [5.41, 5.74) is 0. The van der Waals surface area contributed by atoms with Crippen molar-refractivity contribution in [2.45, 2.75) is 46.1 Å². The molecule has 100 valence electrons. The van der Waals surface area contributed by atoms with Crippen LogP contribution in [0.1, 0.15) is 40.0 Å². The van der Waals surface area contributed by atoms with Gasteiger partial charge in [-0.05, 0) is 20.3 Å². The Bertz CT molecular complexity index is 243. The van der Waals surface area contributed by atoms with Crippen LogP contribution in [0.15, 0.2) is 0 Å². The van der Waals surface area contributed by atoms with Crippen LogP contribution < -0.4 is 0 Å². The molecule has 5 heteroatoms. The van der Waals surface area contributed by atoms with E-state index in [9.17, 15) is 9.59 Å². The fourth-order valence-electron chi connectivity index (χ4n) is 1.18. The van der Waals surface area contributed by atoms with Gasteiger partial charge >= 0.3 is 12.1 Å². The fraction of sp³-hybridized carbons (Fsp3) is 0.833. The third kappa shape index (κ3) is 6.81. The van der Waals surface area contributed by atoms with Crippen LogP contribution in [0.3, 0.4) is 0 Å². The predicted molar refractivity (Wildman–Crippen MR) is 64.7 cm³/mol. The number of unbranched alkanes of at least 4 members (excludes halogenated alkanes) is 1. The van der Waals surface area contributed by atoms with Gasteiger partial charge in [-0.2, -0.15) is 0 Å². The van der Waals surface area contributed by atoms with Crippen LogP contribution in [0.4, 0.5) is 4.79 Å². The molecule has 0 spiro atoms. The van der Waals surface area contributed by atoms with Crippen molar-refractivity contribution >= 4 is 12.1 Å². The number of esters is 1. The maximum Gasteiger partial charge on any atom is 0.409 e. The lowest BCUT2D eigenvalue weighted by atomic mass is 10.2. The molecule has 0 aromatic rings. The van der Waals surface area contributed by atoms with Crippen molar-refractivity contribution in [2.75, 3.05) is 20.3 Å². The molecular formula is C12H23NO4. The van der Waals surface area contributed by atoms with Gasteiger partial charge in [0.25, 0.3) is 0 Å². The molecule has 0 aliphatic rings. The molecular weight excluding hydrogens is 222 g/mol. The highest BCUT2D eigenvalue weighted by Crippen LogP contribution is 2.05. The minimum absolute atomic E-state index is 0.188. The molecule has 0 heterocycles. The molecule has 1 amide bonds. The van der Waals surface area contributed by atoms with E-state index in [1.165, 1.54) is 4.90 Å². The molecule has 0 rings (SSSR count). The van der Waals surface area contributed by atoms with E-state index in [2.05, 4.69) is 0 Å². The summed E-state index contributed by atoms with van der Waals surface area (Å²) in [7, 11) is 1.62. The molecule has 0 aliphatic heterocycles. The Balaban J connectivity index is 3.97. The molecule has 0 aromatic carbocycles. The Morgan fingerprint density at radius 1 is 1.24 bits per heavy atom. The molecule has 0 fully saturated rings. The van der Waals surface area contributed by atoms with E-state index in [1.54, 1.807) is 20.9 Å². The molecule has 17 heavy (non-hydrogen) atoms. The van der Waals surface area contributed by atoms with Crippen molar-refractivity contribution in [3.63, 3.8) is 0 Å². The number of rotatable bonds is 7. The Morgan fingerprint density at radius 2 is 1.88 bits per heavy atom. The first-order valence-corrected chi connectivity index (χ1v) is 6.08. The van der Waals surface area contributed by atoms with Crippen molar-refractivity contribution in [3.05, 3.63) is 0 Å². The molecule has 0 saturated heterocycles. The first-order valence-electron chi connectivity index (χ1n) is 6.08. The maximum atomic E-state index is 11.6. The SMILES string of the molecule is CCCCOC(=O)N(C)C(C)CC(=O)OCC. The van der Waals surface area contributed by atoms with E-state index in [1.807, 2.05) is 6.92 Å². The van der Waals surface area contributed by atoms with Gasteiger partial charge in [0.05, 0.1) is 19.6 Å². The predicted octanol–water partition coefficient (Wildman–Crippen LogP) is 2.20. The molecule has 0 radical (unpaired) electrons. The highest BCUT2D eigenvalue weighted by molar-refractivity contribution is 5.72. The Kier molecular flexibility index (Phi) is 8.19. The quantitative estimate of drug-likeness (QED) is 0.509. The molecule has 0 aromatic heterocycles. The molecule has 0 aliphatic carbocycles. The van der Waals surface area contributed by atoms with Crippen LogP contribution in [-0.4, -0.2) is 43.3 Å². The minimum atomic E-state index is -0.393. The summed E-state index contributed by atoms with van der Waals surface area (Å²) in [6.07, 6.45) is 1.63. The smallest absolute Gasteiger partial charge is 0.409 e. The van der Waals surface area contributed by atoms with Crippen LogP contribution in [0.5, 0.6) is 0 Å². The number of nitrogens with zero attached hydrogens (tertiary/aromatic N) is 1. The summed E-state index contributed by atoms with van der Waals surface area (Å²) >= 11 is 0. The normalized spacial score (nSPS) is 11.8. The van der Waals surface area contributed by atoms with E-state index in [-0.39, 0.29) is 18.4 Å². The van der Waals surface area contributed by atoms with Gasteiger partial charge in [-0.1, -0.05) is 13.3 Å². The lowest BCUT2D eigenvalue weighted by Crippen LogP contribution is -2.37. The van der Waals surface area contributed by atoms with Gasteiger partial charge in [0.2, 0.25) is 0 Å². The molecule has 0 bridgehead atoms. The lowest BCUT2D eigenvalue weighted by Gasteiger charge is -2.23.